The molecule has 2 saturated heterocycles. The van der Waals surface area contributed by atoms with Gasteiger partial charge in [-0.15, -0.1) is 0 Å². The highest BCUT2D eigenvalue weighted by Crippen LogP contribution is 2.44. The second-order valence-electron chi connectivity index (χ2n) is 8.78. The molecule has 0 saturated carbocycles. The van der Waals surface area contributed by atoms with E-state index in [4.69, 9.17) is 9.90 Å². The van der Waals surface area contributed by atoms with E-state index in [0.29, 0.717) is 31.1 Å². The second kappa shape index (κ2) is 10.5. The van der Waals surface area contributed by atoms with Gasteiger partial charge in [0.2, 0.25) is 11.9 Å². The molecule has 2 atom stereocenters. The standard InChI is InChI=1S/C21H26FN5O.C2HF3O2/c1-25(2)19(28)21-9-5-12-27(20-23-10-6-11-24-20)18(21)14-26(15-21)13-16-7-3-4-8-17(16)22;3-2(4,5)1(6)7/h3-4,6-8,10-11,18H,5,9,12-15H2,1-2H3;(H,6,7)/t18-,21-;/m1./s1. The van der Waals surface area contributed by atoms with E-state index in [2.05, 4.69) is 19.8 Å². The Balaban J connectivity index is 0.000000429. The average molecular weight is 497 g/mol. The van der Waals surface area contributed by atoms with E-state index >= 15 is 0 Å². The Labute approximate surface area is 200 Å². The summed E-state index contributed by atoms with van der Waals surface area (Å²) in [6.45, 7) is 2.62. The van der Waals surface area contributed by atoms with E-state index in [9.17, 15) is 22.4 Å². The van der Waals surface area contributed by atoms with Crippen LogP contribution >= 0.6 is 0 Å². The number of carbonyl (C=O) groups excluding carboxylic acids is 1. The van der Waals surface area contributed by atoms with Gasteiger partial charge in [0.05, 0.1) is 11.5 Å². The predicted molar refractivity (Wildman–Crippen MR) is 119 cm³/mol. The smallest absolute Gasteiger partial charge is 0.475 e. The minimum atomic E-state index is -5.08. The van der Waals surface area contributed by atoms with Gasteiger partial charge in [-0.3, -0.25) is 9.69 Å². The average Bonchev–Trinajstić information content (AvgIpc) is 3.19. The van der Waals surface area contributed by atoms with E-state index in [-0.39, 0.29) is 17.8 Å². The van der Waals surface area contributed by atoms with Crippen molar-refractivity contribution in [2.75, 3.05) is 38.6 Å². The van der Waals surface area contributed by atoms with Gasteiger partial charge in [0.1, 0.15) is 5.82 Å². The Hall–Kier alpha value is -3.28. The molecule has 190 valence electrons. The maximum Gasteiger partial charge on any atom is 0.490 e. The summed E-state index contributed by atoms with van der Waals surface area (Å²) in [5.41, 5.74) is 0.141. The number of fused-ring (bicyclic) bond motifs is 1. The van der Waals surface area contributed by atoms with Gasteiger partial charge in [-0.25, -0.2) is 19.2 Å². The number of alkyl halides is 3. The quantitative estimate of drug-likeness (QED) is 0.650. The summed E-state index contributed by atoms with van der Waals surface area (Å²) in [6, 6.07) is 8.63. The summed E-state index contributed by atoms with van der Waals surface area (Å²) in [5, 5.41) is 7.12. The number of hydrogen-bond acceptors (Lipinski definition) is 6. The van der Waals surface area contributed by atoms with Crippen molar-refractivity contribution in [2.24, 2.45) is 5.41 Å². The lowest BCUT2D eigenvalue weighted by Gasteiger charge is -2.45. The molecule has 2 fully saturated rings. The molecule has 4 rings (SSSR count). The van der Waals surface area contributed by atoms with Gasteiger partial charge in [0.25, 0.3) is 0 Å². The van der Waals surface area contributed by atoms with Crippen molar-refractivity contribution in [1.29, 1.82) is 0 Å². The molecule has 35 heavy (non-hydrogen) atoms. The number of nitrogens with zero attached hydrogens (tertiary/aromatic N) is 5. The Bertz CT molecular complexity index is 1040. The Kier molecular flexibility index (Phi) is 7.93. The zero-order chi connectivity index (χ0) is 25.8. The molecule has 0 aliphatic carbocycles. The topological polar surface area (TPSA) is 89.9 Å². The van der Waals surface area contributed by atoms with Crippen molar-refractivity contribution >= 4 is 17.8 Å². The van der Waals surface area contributed by atoms with Crippen LogP contribution in [0, 0.1) is 11.2 Å². The SMILES string of the molecule is CN(C)C(=O)[C@@]12CCCN(c3ncccn3)[C@@H]1CN(Cc1ccccc1F)C2.O=C(O)C(F)(F)F. The first-order valence-electron chi connectivity index (χ1n) is 11.0. The molecule has 8 nitrogen and oxygen atoms in total. The Morgan fingerprint density at radius 3 is 2.37 bits per heavy atom. The van der Waals surface area contributed by atoms with Crippen molar-refractivity contribution < 1.29 is 32.3 Å². The van der Waals surface area contributed by atoms with Crippen molar-refractivity contribution in [2.45, 2.75) is 31.6 Å². The minimum Gasteiger partial charge on any atom is -0.475 e. The van der Waals surface area contributed by atoms with Crippen molar-refractivity contribution in [3.63, 3.8) is 0 Å². The maximum absolute atomic E-state index is 14.2. The van der Waals surface area contributed by atoms with E-state index in [0.717, 1.165) is 19.4 Å². The summed E-state index contributed by atoms with van der Waals surface area (Å²) in [4.78, 5) is 37.1. The largest absolute Gasteiger partial charge is 0.490 e. The van der Waals surface area contributed by atoms with Crippen LogP contribution in [-0.4, -0.2) is 82.7 Å². The van der Waals surface area contributed by atoms with Crippen LogP contribution in [0.25, 0.3) is 0 Å². The summed E-state index contributed by atoms with van der Waals surface area (Å²) in [5.74, 6) is -2.16. The highest BCUT2D eigenvalue weighted by Gasteiger charge is 2.56. The number of aliphatic carboxylic acids is 1. The number of piperidine rings is 1. The lowest BCUT2D eigenvalue weighted by atomic mass is 9.74. The van der Waals surface area contributed by atoms with Crippen LogP contribution in [0.2, 0.25) is 0 Å². The van der Waals surface area contributed by atoms with Crippen LogP contribution in [0.3, 0.4) is 0 Å². The number of halogens is 4. The maximum atomic E-state index is 14.2. The zero-order valence-electron chi connectivity index (χ0n) is 19.4. The molecule has 12 heteroatoms. The molecule has 0 unspecified atom stereocenters. The van der Waals surface area contributed by atoms with Gasteiger partial charge in [0, 0.05) is 58.2 Å². The Morgan fingerprint density at radius 2 is 1.80 bits per heavy atom. The number of carbonyl (C=O) groups is 2. The van der Waals surface area contributed by atoms with Crippen LogP contribution in [0.4, 0.5) is 23.5 Å². The molecular weight excluding hydrogens is 470 g/mol. The molecule has 1 N–H and O–H groups in total. The fourth-order valence-electron chi connectivity index (χ4n) is 4.78. The molecule has 1 aromatic heterocycles. The second-order valence-corrected chi connectivity index (χ2v) is 8.78. The van der Waals surface area contributed by atoms with Crippen LogP contribution in [-0.2, 0) is 16.1 Å². The number of amides is 1. The highest BCUT2D eigenvalue weighted by atomic mass is 19.4. The van der Waals surface area contributed by atoms with Crippen molar-refractivity contribution in [3.8, 4) is 0 Å². The molecule has 1 aromatic carbocycles. The van der Waals surface area contributed by atoms with Crippen molar-refractivity contribution in [3.05, 3.63) is 54.1 Å². The normalized spacial score (nSPS) is 22.1. The Morgan fingerprint density at radius 1 is 1.17 bits per heavy atom. The molecular formula is C23H27F4N5O3. The van der Waals surface area contributed by atoms with E-state index in [1.165, 1.54) is 6.07 Å². The summed E-state index contributed by atoms with van der Waals surface area (Å²) < 4.78 is 45.9. The summed E-state index contributed by atoms with van der Waals surface area (Å²) >= 11 is 0. The van der Waals surface area contributed by atoms with Gasteiger partial charge in [0.15, 0.2) is 0 Å². The minimum absolute atomic E-state index is 0.0228. The van der Waals surface area contributed by atoms with E-state index in [1.54, 1.807) is 29.4 Å². The van der Waals surface area contributed by atoms with Gasteiger partial charge < -0.3 is 14.9 Å². The molecule has 3 heterocycles. The predicted octanol–water partition coefficient (Wildman–Crippen LogP) is 2.81. The fraction of sp³-hybridized carbons (Fsp3) is 0.478. The summed E-state index contributed by atoms with van der Waals surface area (Å²) in [7, 11) is 3.62. The molecule has 1 amide bonds. The first-order valence-corrected chi connectivity index (χ1v) is 11.0. The number of anilines is 1. The third kappa shape index (κ3) is 5.87. The number of rotatable bonds is 4. The van der Waals surface area contributed by atoms with Crippen LogP contribution in [0.5, 0.6) is 0 Å². The van der Waals surface area contributed by atoms with Gasteiger partial charge >= 0.3 is 12.1 Å². The number of benzene rings is 1. The fourth-order valence-corrected chi connectivity index (χ4v) is 4.78. The van der Waals surface area contributed by atoms with E-state index < -0.39 is 17.6 Å². The van der Waals surface area contributed by atoms with Gasteiger partial charge in [-0.05, 0) is 25.0 Å². The van der Waals surface area contributed by atoms with Crippen LogP contribution < -0.4 is 4.90 Å². The first kappa shape index (κ1) is 26.3. The number of likely N-dealkylation sites (tertiary alicyclic amines) is 1. The molecule has 0 spiro atoms. The lowest BCUT2D eigenvalue weighted by molar-refractivity contribution is -0.192. The molecule has 0 bridgehead atoms. The first-order chi connectivity index (χ1) is 16.5. The number of carboxylic acid groups (broad SMARTS) is 1. The van der Waals surface area contributed by atoms with Crippen LogP contribution in [0.1, 0.15) is 18.4 Å². The number of hydrogen-bond donors (Lipinski definition) is 1. The zero-order valence-corrected chi connectivity index (χ0v) is 19.4. The van der Waals surface area contributed by atoms with Gasteiger partial charge in [-0.1, -0.05) is 18.2 Å². The molecule has 2 aliphatic rings. The lowest BCUT2D eigenvalue weighted by Crippen LogP contribution is -2.58. The summed E-state index contributed by atoms with van der Waals surface area (Å²) in [6.07, 6.45) is 0.116. The highest BCUT2D eigenvalue weighted by molar-refractivity contribution is 5.85. The monoisotopic (exact) mass is 497 g/mol. The van der Waals surface area contributed by atoms with Crippen LogP contribution in [0.15, 0.2) is 42.7 Å². The van der Waals surface area contributed by atoms with Gasteiger partial charge in [-0.2, -0.15) is 13.2 Å². The number of aromatic nitrogens is 2. The van der Waals surface area contributed by atoms with E-state index in [1.807, 2.05) is 26.2 Å². The van der Waals surface area contributed by atoms with Crippen molar-refractivity contribution in [1.82, 2.24) is 19.8 Å². The third-order valence-corrected chi connectivity index (χ3v) is 6.21. The molecule has 2 aromatic rings. The third-order valence-electron chi connectivity index (χ3n) is 6.21. The number of carboxylic acids is 1. The molecule has 2 aliphatic heterocycles. The molecule has 0 radical (unpaired) electrons.